The van der Waals surface area contributed by atoms with Crippen LogP contribution >= 0.6 is 0 Å². The number of benzene rings is 1. The van der Waals surface area contributed by atoms with E-state index in [9.17, 15) is 5.26 Å². The van der Waals surface area contributed by atoms with Gasteiger partial charge in [-0.1, -0.05) is 0 Å². The molecule has 164 valence electrons. The molecule has 0 unspecified atom stereocenters. The molecule has 1 aromatic carbocycles. The minimum atomic E-state index is 0.0697. The van der Waals surface area contributed by atoms with E-state index >= 15 is 0 Å². The molecular formula is C24H21N7O2. The van der Waals surface area contributed by atoms with Gasteiger partial charge in [-0.05, 0) is 36.4 Å². The summed E-state index contributed by atoms with van der Waals surface area (Å²) < 4.78 is 13.2. The molecule has 5 rings (SSSR count). The number of nitrogens with one attached hydrogen (secondary N) is 1. The lowest BCUT2D eigenvalue weighted by Crippen LogP contribution is -2.26. The fraction of sp³-hybridized carbons (Fsp3) is 0.208. The van der Waals surface area contributed by atoms with Gasteiger partial charge in [-0.15, -0.1) is 0 Å². The standard InChI is InChI=1S/C24H21N7O2/c25-14-18-13-17(1-3-22(18)33-20-6-11-32-12-7-20)21-5-8-27-24(30-21)29-19-2-4-23(28-15-19)31-10-9-26-16-31/h1-5,8-10,13,15-16,20H,6-7,11-12H2,(H,27,29,30). The molecule has 0 spiro atoms. The Morgan fingerprint density at radius 3 is 2.76 bits per heavy atom. The topological polar surface area (TPSA) is 111 Å². The lowest BCUT2D eigenvalue weighted by atomic mass is 10.1. The zero-order chi connectivity index (χ0) is 22.5. The van der Waals surface area contributed by atoms with Crippen molar-refractivity contribution in [3.8, 4) is 28.9 Å². The molecule has 1 saturated heterocycles. The fourth-order valence-electron chi connectivity index (χ4n) is 3.57. The highest BCUT2D eigenvalue weighted by Gasteiger charge is 2.17. The summed E-state index contributed by atoms with van der Waals surface area (Å²) in [4.78, 5) is 17.4. The van der Waals surface area contributed by atoms with E-state index in [1.807, 2.05) is 35.0 Å². The van der Waals surface area contributed by atoms with Crippen LogP contribution in [0.1, 0.15) is 18.4 Å². The molecule has 4 aromatic rings. The molecule has 0 amide bonds. The number of nitrogens with zero attached hydrogens (tertiary/aromatic N) is 6. The first-order valence-corrected chi connectivity index (χ1v) is 10.6. The van der Waals surface area contributed by atoms with E-state index in [0.29, 0.717) is 36.2 Å². The number of hydrogen-bond acceptors (Lipinski definition) is 8. The van der Waals surface area contributed by atoms with E-state index in [4.69, 9.17) is 9.47 Å². The Hall–Kier alpha value is -4.29. The van der Waals surface area contributed by atoms with Gasteiger partial charge >= 0.3 is 0 Å². The Labute approximate surface area is 190 Å². The normalized spacial score (nSPS) is 13.9. The van der Waals surface area contributed by atoms with Crippen LogP contribution in [0.15, 0.2) is 67.5 Å². The first-order valence-electron chi connectivity index (χ1n) is 10.6. The summed E-state index contributed by atoms with van der Waals surface area (Å²) in [6, 6.07) is 13.4. The van der Waals surface area contributed by atoms with Gasteiger partial charge < -0.3 is 14.8 Å². The molecule has 9 heteroatoms. The highest BCUT2D eigenvalue weighted by Crippen LogP contribution is 2.28. The molecule has 1 fully saturated rings. The van der Waals surface area contributed by atoms with Crippen molar-refractivity contribution in [1.82, 2.24) is 24.5 Å². The van der Waals surface area contributed by atoms with Gasteiger partial charge in [-0.25, -0.2) is 19.9 Å². The molecule has 0 bridgehead atoms. The quantitative estimate of drug-likeness (QED) is 0.482. The monoisotopic (exact) mass is 439 g/mol. The minimum Gasteiger partial charge on any atom is -0.489 e. The number of aromatic nitrogens is 5. The number of anilines is 2. The molecule has 0 saturated carbocycles. The van der Waals surface area contributed by atoms with Gasteiger partial charge in [0, 0.05) is 37.0 Å². The molecule has 1 aliphatic heterocycles. The Morgan fingerprint density at radius 1 is 1.09 bits per heavy atom. The lowest BCUT2D eigenvalue weighted by molar-refractivity contribution is 0.0254. The van der Waals surface area contributed by atoms with Crippen molar-refractivity contribution in [2.75, 3.05) is 18.5 Å². The maximum absolute atomic E-state index is 9.65. The SMILES string of the molecule is N#Cc1cc(-c2ccnc(Nc3ccc(-n4ccnc4)nc3)n2)ccc1OC1CCOCC1. The third-order valence-electron chi connectivity index (χ3n) is 5.29. The Morgan fingerprint density at radius 2 is 2.00 bits per heavy atom. The second-order valence-corrected chi connectivity index (χ2v) is 7.52. The third-order valence-corrected chi connectivity index (χ3v) is 5.29. The van der Waals surface area contributed by atoms with Gasteiger partial charge in [0.15, 0.2) is 0 Å². The van der Waals surface area contributed by atoms with Crippen molar-refractivity contribution < 1.29 is 9.47 Å². The van der Waals surface area contributed by atoms with Gasteiger partial charge in [-0.2, -0.15) is 5.26 Å². The van der Waals surface area contributed by atoms with E-state index in [2.05, 4.69) is 31.3 Å². The summed E-state index contributed by atoms with van der Waals surface area (Å²) >= 11 is 0. The third kappa shape index (κ3) is 4.81. The van der Waals surface area contributed by atoms with Gasteiger partial charge in [-0.3, -0.25) is 4.57 Å². The van der Waals surface area contributed by atoms with Crippen LogP contribution in [-0.4, -0.2) is 43.8 Å². The van der Waals surface area contributed by atoms with Gasteiger partial charge in [0.05, 0.1) is 36.4 Å². The minimum absolute atomic E-state index is 0.0697. The first kappa shape index (κ1) is 20.6. The van der Waals surface area contributed by atoms with Crippen molar-refractivity contribution >= 4 is 11.6 Å². The van der Waals surface area contributed by atoms with Gasteiger partial charge in [0.1, 0.15) is 30.1 Å². The number of rotatable bonds is 6. The second kappa shape index (κ2) is 9.46. The largest absolute Gasteiger partial charge is 0.489 e. The van der Waals surface area contributed by atoms with E-state index in [0.717, 1.165) is 29.9 Å². The van der Waals surface area contributed by atoms with Crippen molar-refractivity contribution in [2.45, 2.75) is 18.9 Å². The van der Waals surface area contributed by atoms with E-state index in [-0.39, 0.29) is 6.10 Å². The Balaban J connectivity index is 1.32. The summed E-state index contributed by atoms with van der Waals surface area (Å²) in [6.45, 7) is 1.37. The Kier molecular flexibility index (Phi) is 5.91. The predicted molar refractivity (Wildman–Crippen MR) is 121 cm³/mol. The zero-order valence-corrected chi connectivity index (χ0v) is 17.8. The molecule has 9 nitrogen and oxygen atoms in total. The fourth-order valence-corrected chi connectivity index (χ4v) is 3.57. The number of nitriles is 1. The van der Waals surface area contributed by atoms with E-state index in [1.165, 1.54) is 0 Å². The average Bonchev–Trinajstić information content (AvgIpc) is 3.41. The van der Waals surface area contributed by atoms with Gasteiger partial charge in [0.2, 0.25) is 5.95 Å². The summed E-state index contributed by atoms with van der Waals surface area (Å²) in [5.74, 6) is 1.79. The zero-order valence-electron chi connectivity index (χ0n) is 17.8. The molecule has 4 heterocycles. The summed E-state index contributed by atoms with van der Waals surface area (Å²) in [7, 11) is 0. The maximum Gasteiger partial charge on any atom is 0.227 e. The second-order valence-electron chi connectivity index (χ2n) is 7.52. The number of ether oxygens (including phenoxy) is 2. The molecule has 33 heavy (non-hydrogen) atoms. The highest BCUT2D eigenvalue weighted by atomic mass is 16.5. The van der Waals surface area contributed by atoms with Crippen LogP contribution in [0.2, 0.25) is 0 Å². The van der Waals surface area contributed by atoms with Crippen LogP contribution in [0.3, 0.4) is 0 Å². The number of hydrogen-bond donors (Lipinski definition) is 1. The number of imidazole rings is 1. The van der Waals surface area contributed by atoms with Crippen LogP contribution in [0, 0.1) is 11.3 Å². The van der Waals surface area contributed by atoms with Crippen molar-refractivity contribution in [2.24, 2.45) is 0 Å². The smallest absolute Gasteiger partial charge is 0.227 e. The molecule has 1 aliphatic rings. The van der Waals surface area contributed by atoms with Crippen LogP contribution in [-0.2, 0) is 4.74 Å². The van der Waals surface area contributed by atoms with Crippen LogP contribution < -0.4 is 10.1 Å². The lowest BCUT2D eigenvalue weighted by Gasteiger charge is -2.23. The molecule has 0 atom stereocenters. The summed E-state index contributed by atoms with van der Waals surface area (Å²) in [6.07, 6.45) is 10.3. The molecule has 1 N–H and O–H groups in total. The van der Waals surface area contributed by atoms with E-state index < -0.39 is 0 Å². The van der Waals surface area contributed by atoms with E-state index in [1.54, 1.807) is 37.1 Å². The molecule has 3 aromatic heterocycles. The Bertz CT molecular complexity index is 1260. The predicted octanol–water partition coefficient (Wildman–Crippen LogP) is 3.90. The first-order chi connectivity index (χ1) is 16.3. The number of pyridine rings is 1. The maximum atomic E-state index is 9.65. The van der Waals surface area contributed by atoms with Gasteiger partial charge in [0.25, 0.3) is 0 Å². The average molecular weight is 439 g/mol. The molecule has 0 radical (unpaired) electrons. The molecule has 0 aliphatic carbocycles. The van der Waals surface area contributed by atoms with Crippen LogP contribution in [0.4, 0.5) is 11.6 Å². The summed E-state index contributed by atoms with van der Waals surface area (Å²) in [5, 5.41) is 12.8. The summed E-state index contributed by atoms with van der Waals surface area (Å²) in [5.41, 5.74) is 2.75. The van der Waals surface area contributed by atoms with Crippen LogP contribution in [0.25, 0.3) is 17.1 Å². The van der Waals surface area contributed by atoms with Crippen molar-refractivity contribution in [1.29, 1.82) is 5.26 Å². The highest BCUT2D eigenvalue weighted by molar-refractivity contribution is 5.65. The van der Waals surface area contributed by atoms with Crippen molar-refractivity contribution in [3.05, 3.63) is 73.1 Å². The van der Waals surface area contributed by atoms with Crippen molar-refractivity contribution in [3.63, 3.8) is 0 Å². The molecular weight excluding hydrogens is 418 g/mol. The van der Waals surface area contributed by atoms with Crippen LogP contribution in [0.5, 0.6) is 5.75 Å².